The number of amides is 1. The fourth-order valence-corrected chi connectivity index (χ4v) is 2.03. The number of benzene rings is 1. The van der Waals surface area contributed by atoms with Crippen molar-refractivity contribution in [3.05, 3.63) is 24.3 Å². The number of nitrogen functional groups attached to an aromatic ring is 1. The molecule has 3 N–H and O–H groups in total. The molecule has 0 unspecified atom stereocenters. The van der Waals surface area contributed by atoms with E-state index in [1.165, 1.54) is 19.3 Å². The quantitative estimate of drug-likeness (QED) is 0.783. The average molecular weight is 248 g/mol. The summed E-state index contributed by atoms with van der Waals surface area (Å²) in [6.45, 7) is 3.01. The van der Waals surface area contributed by atoms with Crippen molar-refractivity contribution in [3.8, 4) is 5.75 Å². The number of hydrogen-bond acceptors (Lipinski definition) is 3. The molecule has 0 radical (unpaired) electrons. The molecule has 0 atom stereocenters. The van der Waals surface area contributed by atoms with E-state index in [0.717, 1.165) is 6.54 Å². The average Bonchev–Trinajstić information content (AvgIpc) is 2.33. The van der Waals surface area contributed by atoms with Gasteiger partial charge < -0.3 is 15.8 Å². The van der Waals surface area contributed by atoms with Gasteiger partial charge >= 0.3 is 0 Å². The van der Waals surface area contributed by atoms with Crippen molar-refractivity contribution >= 4 is 11.6 Å². The molecule has 1 amide bonds. The van der Waals surface area contributed by atoms with Crippen LogP contribution in [0.5, 0.6) is 5.75 Å². The number of nitrogens with one attached hydrogen (secondary N) is 1. The van der Waals surface area contributed by atoms with Crippen LogP contribution < -0.4 is 15.8 Å². The Morgan fingerprint density at radius 1 is 1.39 bits per heavy atom. The van der Waals surface area contributed by atoms with Crippen LogP contribution in [0.1, 0.15) is 26.2 Å². The first-order valence-electron chi connectivity index (χ1n) is 6.32. The number of ether oxygens (including phenoxy) is 1. The number of nitrogens with two attached hydrogens (primary N) is 1. The maximum absolute atomic E-state index is 11.6. The molecule has 0 spiro atoms. The van der Waals surface area contributed by atoms with Gasteiger partial charge in [0.2, 0.25) is 0 Å². The van der Waals surface area contributed by atoms with E-state index in [-0.39, 0.29) is 12.5 Å². The SMILES string of the molecule is CC1(CNC(=O)COc2ccc(N)cc2)CCC1. The van der Waals surface area contributed by atoms with Gasteiger partial charge in [-0.1, -0.05) is 13.3 Å². The van der Waals surface area contributed by atoms with Crippen LogP contribution in [0.3, 0.4) is 0 Å². The van der Waals surface area contributed by atoms with Gasteiger partial charge in [0.15, 0.2) is 6.61 Å². The molecular weight excluding hydrogens is 228 g/mol. The molecule has 0 aliphatic heterocycles. The summed E-state index contributed by atoms with van der Waals surface area (Å²) in [7, 11) is 0. The topological polar surface area (TPSA) is 64.3 Å². The summed E-state index contributed by atoms with van der Waals surface area (Å²) in [5, 5.41) is 2.92. The molecule has 98 valence electrons. The van der Waals surface area contributed by atoms with E-state index < -0.39 is 0 Å². The minimum absolute atomic E-state index is 0.0556. The van der Waals surface area contributed by atoms with E-state index in [0.29, 0.717) is 16.9 Å². The predicted octanol–water partition coefficient (Wildman–Crippen LogP) is 1.95. The van der Waals surface area contributed by atoms with Crippen molar-refractivity contribution in [3.63, 3.8) is 0 Å². The van der Waals surface area contributed by atoms with Crippen LogP contribution in [-0.2, 0) is 4.79 Å². The van der Waals surface area contributed by atoms with Crippen LogP contribution in [0.2, 0.25) is 0 Å². The van der Waals surface area contributed by atoms with Crippen molar-refractivity contribution in [2.75, 3.05) is 18.9 Å². The molecule has 1 aliphatic rings. The molecule has 1 aliphatic carbocycles. The number of anilines is 1. The van der Waals surface area contributed by atoms with Crippen LogP contribution in [0.15, 0.2) is 24.3 Å². The van der Waals surface area contributed by atoms with Gasteiger partial charge in [-0.25, -0.2) is 0 Å². The lowest BCUT2D eigenvalue weighted by Crippen LogP contribution is -2.41. The summed E-state index contributed by atoms with van der Waals surface area (Å²) in [5.74, 6) is 0.592. The number of carbonyl (C=O) groups excluding carboxylic acids is 1. The second kappa shape index (κ2) is 5.29. The lowest BCUT2D eigenvalue weighted by Gasteiger charge is -2.38. The highest BCUT2D eigenvalue weighted by atomic mass is 16.5. The van der Waals surface area contributed by atoms with Crippen LogP contribution in [0, 0.1) is 5.41 Å². The molecule has 18 heavy (non-hydrogen) atoms. The van der Waals surface area contributed by atoms with Crippen molar-refractivity contribution in [2.24, 2.45) is 5.41 Å². The second-order valence-electron chi connectivity index (χ2n) is 5.30. The van der Waals surface area contributed by atoms with E-state index in [2.05, 4.69) is 12.2 Å². The summed E-state index contributed by atoms with van der Waals surface area (Å²) in [4.78, 5) is 11.6. The standard InChI is InChI=1S/C14H20N2O2/c1-14(7-2-8-14)10-16-13(17)9-18-12-5-3-11(15)4-6-12/h3-6H,2,7-10,15H2,1H3,(H,16,17). The first-order valence-corrected chi connectivity index (χ1v) is 6.32. The van der Waals surface area contributed by atoms with Crippen LogP contribution in [0.25, 0.3) is 0 Å². The summed E-state index contributed by atoms with van der Waals surface area (Å²) in [6.07, 6.45) is 3.67. The van der Waals surface area contributed by atoms with Gasteiger partial charge in [0.05, 0.1) is 0 Å². The molecular formula is C14H20N2O2. The van der Waals surface area contributed by atoms with Gasteiger partial charge in [-0.3, -0.25) is 4.79 Å². The van der Waals surface area contributed by atoms with Gasteiger partial charge in [0.25, 0.3) is 5.91 Å². The third-order valence-corrected chi connectivity index (χ3v) is 3.52. The summed E-state index contributed by atoms with van der Waals surface area (Å²) in [5.41, 5.74) is 6.55. The monoisotopic (exact) mass is 248 g/mol. The van der Waals surface area contributed by atoms with Crippen LogP contribution in [0.4, 0.5) is 5.69 Å². The number of rotatable bonds is 5. The fraction of sp³-hybridized carbons (Fsp3) is 0.500. The lowest BCUT2D eigenvalue weighted by atomic mass is 9.70. The third kappa shape index (κ3) is 3.39. The molecule has 1 saturated carbocycles. The highest BCUT2D eigenvalue weighted by molar-refractivity contribution is 5.77. The Labute approximate surface area is 108 Å². The molecule has 2 rings (SSSR count). The van der Waals surface area contributed by atoms with Crippen molar-refractivity contribution in [2.45, 2.75) is 26.2 Å². The Balaban J connectivity index is 1.69. The van der Waals surface area contributed by atoms with Gasteiger partial charge in [0, 0.05) is 12.2 Å². The van der Waals surface area contributed by atoms with Crippen molar-refractivity contribution < 1.29 is 9.53 Å². The highest BCUT2D eigenvalue weighted by Crippen LogP contribution is 2.39. The number of hydrogen-bond donors (Lipinski definition) is 2. The summed E-state index contributed by atoms with van der Waals surface area (Å²) < 4.78 is 5.37. The maximum atomic E-state index is 11.6. The van der Waals surface area contributed by atoms with Gasteiger partial charge in [-0.05, 0) is 42.5 Å². The zero-order chi connectivity index (χ0) is 13.0. The Morgan fingerprint density at radius 2 is 2.06 bits per heavy atom. The first kappa shape index (κ1) is 12.7. The van der Waals surface area contributed by atoms with E-state index in [1.54, 1.807) is 24.3 Å². The fourth-order valence-electron chi connectivity index (χ4n) is 2.03. The molecule has 1 fully saturated rings. The lowest BCUT2D eigenvalue weighted by molar-refractivity contribution is -0.123. The molecule has 1 aromatic carbocycles. The third-order valence-electron chi connectivity index (χ3n) is 3.52. The Bertz CT molecular complexity index is 410. The minimum atomic E-state index is -0.0695. The summed E-state index contributed by atoms with van der Waals surface area (Å²) >= 11 is 0. The normalized spacial score (nSPS) is 16.7. The van der Waals surface area contributed by atoms with Crippen LogP contribution >= 0.6 is 0 Å². The Hall–Kier alpha value is -1.71. The van der Waals surface area contributed by atoms with E-state index in [1.807, 2.05) is 0 Å². The van der Waals surface area contributed by atoms with E-state index in [4.69, 9.17) is 10.5 Å². The van der Waals surface area contributed by atoms with E-state index in [9.17, 15) is 4.79 Å². The largest absolute Gasteiger partial charge is 0.484 e. The predicted molar refractivity (Wildman–Crippen MR) is 71.3 cm³/mol. The molecule has 0 bridgehead atoms. The molecule has 1 aromatic rings. The summed E-state index contributed by atoms with van der Waals surface area (Å²) in [6, 6.07) is 7.02. The van der Waals surface area contributed by atoms with Gasteiger partial charge in [-0.2, -0.15) is 0 Å². The van der Waals surface area contributed by atoms with Gasteiger partial charge in [-0.15, -0.1) is 0 Å². The Morgan fingerprint density at radius 3 is 2.61 bits per heavy atom. The highest BCUT2D eigenvalue weighted by Gasteiger charge is 2.31. The number of carbonyl (C=O) groups is 1. The first-order chi connectivity index (χ1) is 8.57. The molecule has 0 heterocycles. The molecule has 0 aromatic heterocycles. The van der Waals surface area contributed by atoms with Crippen molar-refractivity contribution in [1.82, 2.24) is 5.32 Å². The van der Waals surface area contributed by atoms with Crippen molar-refractivity contribution in [1.29, 1.82) is 0 Å². The minimum Gasteiger partial charge on any atom is -0.484 e. The molecule has 4 nitrogen and oxygen atoms in total. The zero-order valence-electron chi connectivity index (χ0n) is 10.7. The second-order valence-corrected chi connectivity index (χ2v) is 5.30. The molecule has 4 heteroatoms. The van der Waals surface area contributed by atoms with Crippen LogP contribution in [-0.4, -0.2) is 19.1 Å². The smallest absolute Gasteiger partial charge is 0.257 e. The Kier molecular flexibility index (Phi) is 3.75. The van der Waals surface area contributed by atoms with E-state index >= 15 is 0 Å². The molecule has 0 saturated heterocycles. The zero-order valence-corrected chi connectivity index (χ0v) is 10.7. The van der Waals surface area contributed by atoms with Gasteiger partial charge in [0.1, 0.15) is 5.75 Å². The maximum Gasteiger partial charge on any atom is 0.257 e.